The van der Waals surface area contributed by atoms with Crippen LogP contribution in [0.4, 0.5) is 17.6 Å². The van der Waals surface area contributed by atoms with E-state index in [2.05, 4.69) is 0 Å². The lowest BCUT2D eigenvalue weighted by Gasteiger charge is -2.31. The van der Waals surface area contributed by atoms with E-state index in [9.17, 15) is 17.6 Å². The van der Waals surface area contributed by atoms with E-state index in [1.54, 1.807) is 6.08 Å². The Bertz CT molecular complexity index is 594. The van der Waals surface area contributed by atoms with Gasteiger partial charge in [0.25, 0.3) is 0 Å². The summed E-state index contributed by atoms with van der Waals surface area (Å²) < 4.78 is 54.7. The Hall–Kier alpha value is -0.850. The first kappa shape index (κ1) is 16.5. The van der Waals surface area contributed by atoms with Crippen LogP contribution in [-0.4, -0.2) is 9.59 Å². The first-order valence-corrected chi connectivity index (χ1v) is 7.85. The van der Waals surface area contributed by atoms with Gasteiger partial charge < -0.3 is 0 Å². The maximum atomic E-state index is 14.4. The SMILES string of the molecule is CCCCC1(I)C=CC(c2cccc(F)c2F)=C(F)C1F. The van der Waals surface area contributed by atoms with Gasteiger partial charge in [-0.1, -0.05) is 66.6 Å². The van der Waals surface area contributed by atoms with Crippen molar-refractivity contribution in [3.63, 3.8) is 0 Å². The molecule has 0 aliphatic heterocycles. The molecule has 0 bridgehead atoms. The Balaban J connectivity index is 2.40. The Morgan fingerprint density at radius 1 is 1.24 bits per heavy atom. The van der Waals surface area contributed by atoms with Crippen LogP contribution in [0.3, 0.4) is 0 Å². The maximum absolute atomic E-state index is 14.4. The summed E-state index contributed by atoms with van der Waals surface area (Å²) in [6.07, 6.45) is 3.19. The van der Waals surface area contributed by atoms with Gasteiger partial charge in [0.2, 0.25) is 0 Å². The van der Waals surface area contributed by atoms with Gasteiger partial charge in [-0.3, -0.25) is 0 Å². The number of allylic oxidation sites excluding steroid dienone is 4. The van der Waals surface area contributed by atoms with Gasteiger partial charge in [-0.25, -0.2) is 17.6 Å². The number of hydrogen-bond acceptors (Lipinski definition) is 0. The topological polar surface area (TPSA) is 0 Å². The summed E-state index contributed by atoms with van der Waals surface area (Å²) in [5.41, 5.74) is -0.469. The molecule has 0 radical (unpaired) electrons. The summed E-state index contributed by atoms with van der Waals surface area (Å²) in [6.45, 7) is 1.97. The fourth-order valence-corrected chi connectivity index (χ4v) is 3.16. The highest BCUT2D eigenvalue weighted by atomic mass is 127. The summed E-state index contributed by atoms with van der Waals surface area (Å²) in [7, 11) is 0. The van der Waals surface area contributed by atoms with Crippen molar-refractivity contribution in [3.05, 3.63) is 53.4 Å². The van der Waals surface area contributed by atoms with Crippen LogP contribution in [0.25, 0.3) is 5.57 Å². The fourth-order valence-electron chi connectivity index (χ4n) is 2.32. The van der Waals surface area contributed by atoms with Crippen LogP contribution >= 0.6 is 22.6 Å². The second kappa shape index (κ2) is 6.50. The largest absolute Gasteiger partial charge is 0.238 e. The van der Waals surface area contributed by atoms with E-state index in [1.165, 1.54) is 18.2 Å². The molecule has 2 unspecified atom stereocenters. The van der Waals surface area contributed by atoms with Gasteiger partial charge in [0.05, 0.1) is 3.42 Å². The van der Waals surface area contributed by atoms with Crippen LogP contribution in [-0.2, 0) is 0 Å². The molecule has 2 rings (SSSR count). The third kappa shape index (κ3) is 3.17. The Morgan fingerprint density at radius 3 is 2.62 bits per heavy atom. The van der Waals surface area contributed by atoms with Crippen molar-refractivity contribution in [2.24, 2.45) is 0 Å². The first-order chi connectivity index (χ1) is 9.90. The van der Waals surface area contributed by atoms with Crippen LogP contribution in [0.1, 0.15) is 31.7 Å². The minimum Gasteiger partial charge on any atom is -0.238 e. The molecular weight excluding hydrogens is 395 g/mol. The van der Waals surface area contributed by atoms with Crippen molar-refractivity contribution in [2.75, 3.05) is 0 Å². The molecule has 114 valence electrons. The molecule has 0 nitrogen and oxygen atoms in total. The zero-order valence-corrected chi connectivity index (χ0v) is 13.6. The second-order valence-electron chi connectivity index (χ2n) is 5.09. The highest BCUT2D eigenvalue weighted by Crippen LogP contribution is 2.44. The van der Waals surface area contributed by atoms with E-state index in [4.69, 9.17) is 0 Å². The predicted molar refractivity (Wildman–Crippen MR) is 84.7 cm³/mol. The zero-order chi connectivity index (χ0) is 15.6. The minimum atomic E-state index is -1.85. The molecule has 21 heavy (non-hydrogen) atoms. The summed E-state index contributed by atoms with van der Waals surface area (Å²) in [6, 6.07) is 3.47. The Labute approximate surface area is 135 Å². The van der Waals surface area contributed by atoms with Crippen molar-refractivity contribution in [1.82, 2.24) is 0 Å². The number of rotatable bonds is 4. The van der Waals surface area contributed by atoms with E-state index >= 15 is 0 Å². The fraction of sp³-hybridized carbons (Fsp3) is 0.375. The highest BCUT2D eigenvalue weighted by Gasteiger charge is 2.41. The zero-order valence-electron chi connectivity index (χ0n) is 11.5. The van der Waals surface area contributed by atoms with Crippen molar-refractivity contribution in [1.29, 1.82) is 0 Å². The summed E-state index contributed by atoms with van der Waals surface area (Å²) in [4.78, 5) is 0. The quantitative estimate of drug-likeness (QED) is 0.329. The minimum absolute atomic E-state index is 0.219. The van der Waals surface area contributed by atoms with Crippen molar-refractivity contribution >= 4 is 28.2 Å². The van der Waals surface area contributed by atoms with Crippen LogP contribution in [0.2, 0.25) is 0 Å². The molecule has 5 heteroatoms. The number of alkyl halides is 2. The van der Waals surface area contributed by atoms with Crippen LogP contribution in [0.5, 0.6) is 0 Å². The van der Waals surface area contributed by atoms with Gasteiger partial charge in [-0.2, -0.15) is 0 Å². The standard InChI is InChI=1S/C16H15F4I/c1-2-3-8-16(21)9-7-11(14(19)15(16)20)10-5-4-6-12(17)13(10)18/h4-7,9,15H,2-3,8H2,1H3. The summed E-state index contributed by atoms with van der Waals surface area (Å²) in [5.74, 6) is -3.27. The lowest BCUT2D eigenvalue weighted by molar-refractivity contribution is 0.281. The molecule has 0 amide bonds. The molecular formula is C16H15F4I. The molecule has 0 saturated heterocycles. The van der Waals surface area contributed by atoms with Gasteiger partial charge in [0, 0.05) is 11.1 Å². The molecule has 0 spiro atoms. The number of hydrogen-bond donors (Lipinski definition) is 0. The van der Waals surface area contributed by atoms with E-state index in [-0.39, 0.29) is 11.1 Å². The predicted octanol–water partition coefficient (Wildman–Crippen LogP) is 5.92. The average molecular weight is 410 g/mol. The lowest BCUT2D eigenvalue weighted by atomic mass is 9.87. The average Bonchev–Trinajstić information content (AvgIpc) is 2.47. The number of unbranched alkanes of at least 4 members (excludes halogenated alkanes) is 1. The molecule has 0 N–H and O–H groups in total. The molecule has 1 aliphatic rings. The Kier molecular flexibility index (Phi) is 5.11. The summed E-state index contributed by atoms with van der Waals surface area (Å²) in [5, 5.41) is 0. The molecule has 1 aromatic rings. The van der Waals surface area contributed by atoms with Crippen molar-refractivity contribution < 1.29 is 17.6 Å². The van der Waals surface area contributed by atoms with E-state index in [1.807, 2.05) is 29.5 Å². The monoisotopic (exact) mass is 410 g/mol. The highest BCUT2D eigenvalue weighted by molar-refractivity contribution is 14.1. The molecule has 1 aromatic carbocycles. The van der Waals surface area contributed by atoms with Crippen molar-refractivity contribution in [3.8, 4) is 0 Å². The van der Waals surface area contributed by atoms with Gasteiger partial charge in [0.1, 0.15) is 5.83 Å². The molecule has 0 heterocycles. The molecule has 1 aliphatic carbocycles. The van der Waals surface area contributed by atoms with Crippen LogP contribution in [0.15, 0.2) is 36.2 Å². The normalized spacial score (nSPS) is 25.5. The second-order valence-corrected chi connectivity index (χ2v) is 7.10. The molecule has 2 atom stereocenters. The van der Waals surface area contributed by atoms with E-state index < -0.39 is 27.1 Å². The van der Waals surface area contributed by atoms with Crippen molar-refractivity contribution in [2.45, 2.75) is 35.8 Å². The number of benzene rings is 1. The maximum Gasteiger partial charge on any atom is 0.170 e. The first-order valence-electron chi connectivity index (χ1n) is 6.77. The van der Waals surface area contributed by atoms with Gasteiger partial charge in [-0.05, 0) is 12.5 Å². The lowest BCUT2D eigenvalue weighted by Crippen LogP contribution is -2.34. The molecule has 0 fully saturated rings. The van der Waals surface area contributed by atoms with E-state index in [0.717, 1.165) is 18.9 Å². The summed E-state index contributed by atoms with van der Waals surface area (Å²) >= 11 is 1.90. The van der Waals surface area contributed by atoms with Crippen LogP contribution in [0, 0.1) is 11.6 Å². The third-order valence-electron chi connectivity index (χ3n) is 3.58. The molecule has 0 aromatic heterocycles. The Morgan fingerprint density at radius 2 is 1.95 bits per heavy atom. The third-order valence-corrected chi connectivity index (χ3v) is 5.03. The smallest absolute Gasteiger partial charge is 0.170 e. The van der Waals surface area contributed by atoms with Gasteiger partial charge in [0.15, 0.2) is 17.8 Å². The number of halogens is 5. The van der Waals surface area contributed by atoms with Crippen LogP contribution < -0.4 is 0 Å². The molecule has 0 saturated carbocycles. The van der Waals surface area contributed by atoms with E-state index in [0.29, 0.717) is 6.42 Å². The van der Waals surface area contributed by atoms with Gasteiger partial charge in [-0.15, -0.1) is 0 Å². The van der Waals surface area contributed by atoms with Gasteiger partial charge >= 0.3 is 0 Å².